The predicted octanol–water partition coefficient (Wildman–Crippen LogP) is 2.12. The lowest BCUT2D eigenvalue weighted by atomic mass is 9.96. The van der Waals surface area contributed by atoms with Gasteiger partial charge in [-0.15, -0.1) is 0 Å². The summed E-state index contributed by atoms with van der Waals surface area (Å²) in [5.74, 6) is 1.66. The smallest absolute Gasteiger partial charge is 0.260 e. The standard InChI is InChI=1S/C21H30N2O3/c24-21(16-26-20-5-4-18-2-1-3-19(18)14-20)23-8-6-17(7-9-23)15-22-10-12-25-13-11-22/h4-5,14,17H,1-3,6-13,15-16H2. The van der Waals surface area contributed by atoms with E-state index in [0.717, 1.165) is 70.9 Å². The highest BCUT2D eigenvalue weighted by molar-refractivity contribution is 5.77. The van der Waals surface area contributed by atoms with Crippen molar-refractivity contribution in [3.63, 3.8) is 0 Å². The molecule has 0 spiro atoms. The predicted molar refractivity (Wildman–Crippen MR) is 101 cm³/mol. The number of hydrogen-bond acceptors (Lipinski definition) is 4. The van der Waals surface area contributed by atoms with Crippen molar-refractivity contribution in [3.05, 3.63) is 29.3 Å². The van der Waals surface area contributed by atoms with Gasteiger partial charge in [-0.05, 0) is 61.3 Å². The Morgan fingerprint density at radius 3 is 2.65 bits per heavy atom. The number of aryl methyl sites for hydroxylation is 2. The van der Waals surface area contributed by atoms with Gasteiger partial charge in [-0.3, -0.25) is 9.69 Å². The van der Waals surface area contributed by atoms with E-state index in [0.29, 0.717) is 5.92 Å². The largest absolute Gasteiger partial charge is 0.484 e. The number of nitrogens with zero attached hydrogens (tertiary/aromatic N) is 2. The molecule has 4 rings (SSSR count). The fraction of sp³-hybridized carbons (Fsp3) is 0.667. The van der Waals surface area contributed by atoms with Gasteiger partial charge in [-0.1, -0.05) is 6.07 Å². The second-order valence-electron chi connectivity index (χ2n) is 7.81. The maximum atomic E-state index is 12.5. The van der Waals surface area contributed by atoms with Crippen molar-refractivity contribution in [1.29, 1.82) is 0 Å². The minimum absolute atomic E-state index is 0.121. The summed E-state index contributed by atoms with van der Waals surface area (Å²) in [6.07, 6.45) is 5.74. The number of carbonyl (C=O) groups is 1. The Labute approximate surface area is 156 Å². The van der Waals surface area contributed by atoms with E-state index in [1.807, 2.05) is 11.0 Å². The molecular formula is C21H30N2O3. The zero-order valence-corrected chi connectivity index (χ0v) is 15.6. The van der Waals surface area contributed by atoms with Crippen LogP contribution in [0.3, 0.4) is 0 Å². The first-order valence-electron chi connectivity index (χ1n) is 10.1. The monoisotopic (exact) mass is 358 g/mol. The van der Waals surface area contributed by atoms with E-state index < -0.39 is 0 Å². The van der Waals surface area contributed by atoms with Crippen molar-refractivity contribution in [1.82, 2.24) is 9.80 Å². The highest BCUT2D eigenvalue weighted by Crippen LogP contribution is 2.26. The molecule has 0 saturated carbocycles. The highest BCUT2D eigenvalue weighted by Gasteiger charge is 2.25. The van der Waals surface area contributed by atoms with Crippen LogP contribution in [-0.4, -0.2) is 68.3 Å². The molecule has 0 aromatic heterocycles. The topological polar surface area (TPSA) is 42.0 Å². The summed E-state index contributed by atoms with van der Waals surface area (Å²) in [5, 5.41) is 0. The lowest BCUT2D eigenvalue weighted by Gasteiger charge is -2.36. The first kappa shape index (κ1) is 17.8. The molecule has 3 aliphatic rings. The van der Waals surface area contributed by atoms with Crippen LogP contribution in [0.15, 0.2) is 18.2 Å². The molecule has 1 aromatic rings. The maximum Gasteiger partial charge on any atom is 0.260 e. The third-order valence-electron chi connectivity index (χ3n) is 6.02. The van der Waals surface area contributed by atoms with Gasteiger partial charge in [0.2, 0.25) is 0 Å². The number of piperidine rings is 1. The van der Waals surface area contributed by atoms with Crippen molar-refractivity contribution >= 4 is 5.91 Å². The lowest BCUT2D eigenvalue weighted by Crippen LogP contribution is -2.45. The van der Waals surface area contributed by atoms with E-state index in [-0.39, 0.29) is 12.5 Å². The van der Waals surface area contributed by atoms with E-state index in [1.165, 1.54) is 24.0 Å². The van der Waals surface area contributed by atoms with Crippen LogP contribution in [-0.2, 0) is 22.4 Å². The summed E-state index contributed by atoms with van der Waals surface area (Å²) in [7, 11) is 0. The Morgan fingerprint density at radius 2 is 1.85 bits per heavy atom. The minimum Gasteiger partial charge on any atom is -0.484 e. The van der Waals surface area contributed by atoms with Crippen molar-refractivity contribution in [2.24, 2.45) is 5.92 Å². The Morgan fingerprint density at radius 1 is 1.08 bits per heavy atom. The average Bonchev–Trinajstić information content (AvgIpc) is 3.15. The van der Waals surface area contributed by atoms with Crippen molar-refractivity contribution < 1.29 is 14.3 Å². The van der Waals surface area contributed by atoms with Gasteiger partial charge in [0.1, 0.15) is 5.75 Å². The molecule has 26 heavy (non-hydrogen) atoms. The summed E-state index contributed by atoms with van der Waals surface area (Å²) in [6, 6.07) is 6.27. The number of amides is 1. The number of carbonyl (C=O) groups excluding carboxylic acids is 1. The summed E-state index contributed by atoms with van der Waals surface area (Å²) in [5.41, 5.74) is 2.82. The second kappa shape index (κ2) is 8.40. The molecule has 0 N–H and O–H groups in total. The second-order valence-corrected chi connectivity index (χ2v) is 7.81. The van der Waals surface area contributed by atoms with Crippen molar-refractivity contribution in [3.8, 4) is 5.75 Å². The van der Waals surface area contributed by atoms with E-state index >= 15 is 0 Å². The first-order valence-corrected chi connectivity index (χ1v) is 10.1. The van der Waals surface area contributed by atoms with E-state index in [1.54, 1.807) is 0 Å². The zero-order valence-electron chi connectivity index (χ0n) is 15.6. The maximum absolute atomic E-state index is 12.5. The van der Waals surface area contributed by atoms with E-state index in [9.17, 15) is 4.79 Å². The fourth-order valence-electron chi connectivity index (χ4n) is 4.39. The van der Waals surface area contributed by atoms with Gasteiger partial charge in [0, 0.05) is 32.7 Å². The fourth-order valence-corrected chi connectivity index (χ4v) is 4.39. The SMILES string of the molecule is O=C(COc1ccc2c(c1)CCC2)N1CCC(CN2CCOCC2)CC1. The molecule has 2 heterocycles. The number of morpholine rings is 1. The first-order chi connectivity index (χ1) is 12.8. The number of rotatable bonds is 5. The molecule has 2 saturated heterocycles. The number of fused-ring (bicyclic) bond motifs is 1. The molecule has 1 aliphatic carbocycles. The van der Waals surface area contributed by atoms with Gasteiger partial charge in [-0.2, -0.15) is 0 Å². The summed E-state index contributed by atoms with van der Waals surface area (Å²) < 4.78 is 11.2. The molecule has 0 unspecified atom stereocenters. The highest BCUT2D eigenvalue weighted by atomic mass is 16.5. The van der Waals surface area contributed by atoms with Gasteiger partial charge >= 0.3 is 0 Å². The average molecular weight is 358 g/mol. The quantitative estimate of drug-likeness (QED) is 0.809. The summed E-state index contributed by atoms with van der Waals surface area (Å²) in [4.78, 5) is 17.0. The number of benzene rings is 1. The molecule has 1 amide bonds. The Hall–Kier alpha value is -1.59. The number of likely N-dealkylation sites (tertiary alicyclic amines) is 1. The third-order valence-corrected chi connectivity index (χ3v) is 6.02. The Kier molecular flexibility index (Phi) is 5.75. The molecule has 5 nitrogen and oxygen atoms in total. The van der Waals surface area contributed by atoms with E-state index in [4.69, 9.17) is 9.47 Å². The molecular weight excluding hydrogens is 328 g/mol. The number of ether oxygens (including phenoxy) is 2. The van der Waals surface area contributed by atoms with Crippen molar-refractivity contribution in [2.75, 3.05) is 52.5 Å². The third kappa shape index (κ3) is 4.38. The molecule has 0 bridgehead atoms. The molecule has 142 valence electrons. The Bertz CT molecular complexity index is 620. The molecule has 1 aromatic carbocycles. The molecule has 0 radical (unpaired) electrons. The van der Waals surface area contributed by atoms with Gasteiger partial charge in [0.15, 0.2) is 6.61 Å². The van der Waals surface area contributed by atoms with Gasteiger partial charge in [0.05, 0.1) is 13.2 Å². The van der Waals surface area contributed by atoms with Crippen LogP contribution < -0.4 is 4.74 Å². The van der Waals surface area contributed by atoms with Crippen LogP contribution >= 0.6 is 0 Å². The van der Waals surface area contributed by atoms with Gasteiger partial charge in [0.25, 0.3) is 5.91 Å². The van der Waals surface area contributed by atoms with Crippen LogP contribution in [0.1, 0.15) is 30.4 Å². The molecule has 5 heteroatoms. The molecule has 2 aliphatic heterocycles. The molecule has 0 atom stereocenters. The minimum atomic E-state index is 0.121. The van der Waals surface area contributed by atoms with Gasteiger partial charge < -0.3 is 14.4 Å². The van der Waals surface area contributed by atoms with Gasteiger partial charge in [-0.25, -0.2) is 0 Å². The Balaban J connectivity index is 1.20. The number of hydrogen-bond donors (Lipinski definition) is 0. The van der Waals surface area contributed by atoms with Crippen LogP contribution in [0.25, 0.3) is 0 Å². The van der Waals surface area contributed by atoms with Crippen LogP contribution in [0, 0.1) is 5.92 Å². The van der Waals surface area contributed by atoms with Crippen LogP contribution in [0.2, 0.25) is 0 Å². The summed E-state index contributed by atoms with van der Waals surface area (Å²) >= 11 is 0. The van der Waals surface area contributed by atoms with E-state index in [2.05, 4.69) is 17.0 Å². The zero-order chi connectivity index (χ0) is 17.8. The normalized spacial score (nSPS) is 21.6. The van der Waals surface area contributed by atoms with Crippen LogP contribution in [0.5, 0.6) is 5.75 Å². The molecule has 2 fully saturated rings. The van der Waals surface area contributed by atoms with Crippen molar-refractivity contribution in [2.45, 2.75) is 32.1 Å². The lowest BCUT2D eigenvalue weighted by molar-refractivity contribution is -0.134. The summed E-state index contributed by atoms with van der Waals surface area (Å²) in [6.45, 7) is 6.85. The van der Waals surface area contributed by atoms with Crippen LogP contribution in [0.4, 0.5) is 0 Å².